The molecule has 0 spiro atoms. The molecule has 0 amide bonds. The summed E-state index contributed by atoms with van der Waals surface area (Å²) >= 11 is 1.81. The number of thiophene rings is 1. The lowest BCUT2D eigenvalue weighted by Gasteiger charge is -2.37. The van der Waals surface area contributed by atoms with Crippen molar-refractivity contribution in [2.24, 2.45) is 0 Å². The number of hydrogen-bond donors (Lipinski definition) is 1. The van der Waals surface area contributed by atoms with Crippen LogP contribution in [0.3, 0.4) is 0 Å². The first kappa shape index (κ1) is 12.0. The normalized spacial score (nSPS) is 27.2. The van der Waals surface area contributed by atoms with Crippen molar-refractivity contribution in [1.29, 1.82) is 0 Å². The van der Waals surface area contributed by atoms with Crippen LogP contribution in [0.4, 0.5) is 0 Å². The van der Waals surface area contributed by atoms with Crippen LogP contribution in [0.2, 0.25) is 0 Å². The molecular weight excluding hydrogens is 222 g/mol. The summed E-state index contributed by atoms with van der Waals surface area (Å²) in [5.41, 5.74) is 1.37. The molecule has 2 atom stereocenters. The molecule has 0 saturated carbocycles. The maximum absolute atomic E-state index is 9.13. The van der Waals surface area contributed by atoms with Crippen molar-refractivity contribution in [2.75, 3.05) is 19.8 Å². The van der Waals surface area contributed by atoms with Crippen molar-refractivity contribution in [3.63, 3.8) is 0 Å². The Morgan fingerprint density at radius 2 is 2.44 bits per heavy atom. The van der Waals surface area contributed by atoms with Crippen LogP contribution in [0.1, 0.15) is 17.4 Å². The standard InChI is InChI=1S/C12H19NO2S/c1-9-3-4-16-12(9)6-13-5-11(7-14)15-8-10(13)2/h3-4,10-11,14H,5-8H2,1-2H3. The summed E-state index contributed by atoms with van der Waals surface area (Å²) in [6, 6.07) is 2.60. The van der Waals surface area contributed by atoms with E-state index in [-0.39, 0.29) is 12.7 Å². The Kier molecular flexibility index (Phi) is 3.97. The highest BCUT2D eigenvalue weighted by Gasteiger charge is 2.25. The molecule has 4 heteroatoms. The number of aliphatic hydroxyl groups excluding tert-OH is 1. The van der Waals surface area contributed by atoms with Gasteiger partial charge in [0.1, 0.15) is 0 Å². The smallest absolute Gasteiger partial charge is 0.0933 e. The Morgan fingerprint density at radius 3 is 3.06 bits per heavy atom. The van der Waals surface area contributed by atoms with Gasteiger partial charge in [-0.15, -0.1) is 11.3 Å². The van der Waals surface area contributed by atoms with Gasteiger partial charge in [-0.2, -0.15) is 0 Å². The summed E-state index contributed by atoms with van der Waals surface area (Å²) in [5.74, 6) is 0. The number of aryl methyl sites for hydroxylation is 1. The van der Waals surface area contributed by atoms with Gasteiger partial charge in [-0.05, 0) is 30.9 Å². The van der Waals surface area contributed by atoms with E-state index in [1.54, 1.807) is 0 Å². The maximum Gasteiger partial charge on any atom is 0.0933 e. The number of morpholine rings is 1. The second-order valence-corrected chi connectivity index (χ2v) is 5.44. The minimum absolute atomic E-state index is 0.0172. The number of nitrogens with zero attached hydrogens (tertiary/aromatic N) is 1. The van der Waals surface area contributed by atoms with Crippen LogP contribution in [0.15, 0.2) is 11.4 Å². The topological polar surface area (TPSA) is 32.7 Å². The predicted octanol–water partition coefficient (Wildman–Crippen LogP) is 1.64. The van der Waals surface area contributed by atoms with Crippen molar-refractivity contribution < 1.29 is 9.84 Å². The molecule has 1 aromatic rings. The van der Waals surface area contributed by atoms with Gasteiger partial charge in [-0.25, -0.2) is 0 Å². The van der Waals surface area contributed by atoms with Crippen molar-refractivity contribution in [3.05, 3.63) is 21.9 Å². The number of hydrogen-bond acceptors (Lipinski definition) is 4. The zero-order valence-corrected chi connectivity index (χ0v) is 10.7. The second-order valence-electron chi connectivity index (χ2n) is 4.44. The first-order valence-electron chi connectivity index (χ1n) is 5.70. The van der Waals surface area contributed by atoms with Gasteiger partial charge in [0.25, 0.3) is 0 Å². The summed E-state index contributed by atoms with van der Waals surface area (Å²) < 4.78 is 5.53. The molecule has 2 unspecified atom stereocenters. The second kappa shape index (κ2) is 5.27. The Balaban J connectivity index is 1.99. The van der Waals surface area contributed by atoms with Crippen LogP contribution in [0.5, 0.6) is 0 Å². The molecule has 0 aromatic carbocycles. The predicted molar refractivity (Wildman–Crippen MR) is 65.8 cm³/mol. The average molecular weight is 241 g/mol. The third-order valence-corrected chi connectivity index (χ3v) is 4.16. The van der Waals surface area contributed by atoms with E-state index in [4.69, 9.17) is 9.84 Å². The van der Waals surface area contributed by atoms with E-state index in [2.05, 4.69) is 30.2 Å². The molecule has 2 rings (SSSR count). The van der Waals surface area contributed by atoms with Crippen molar-refractivity contribution in [2.45, 2.75) is 32.5 Å². The third-order valence-electron chi connectivity index (χ3n) is 3.15. The highest BCUT2D eigenvalue weighted by molar-refractivity contribution is 7.10. The first-order valence-corrected chi connectivity index (χ1v) is 6.58. The van der Waals surface area contributed by atoms with Crippen LogP contribution < -0.4 is 0 Å². The van der Waals surface area contributed by atoms with Crippen LogP contribution in [0, 0.1) is 6.92 Å². The number of ether oxygens (including phenoxy) is 1. The zero-order valence-electron chi connectivity index (χ0n) is 9.85. The summed E-state index contributed by atoms with van der Waals surface area (Å²) in [4.78, 5) is 3.81. The van der Waals surface area contributed by atoms with E-state index < -0.39 is 0 Å². The summed E-state index contributed by atoms with van der Waals surface area (Å²) in [6.07, 6.45) is -0.0172. The molecule has 1 aliphatic rings. The molecule has 1 aliphatic heterocycles. The number of rotatable bonds is 3. The summed E-state index contributed by atoms with van der Waals surface area (Å²) in [7, 11) is 0. The minimum Gasteiger partial charge on any atom is -0.394 e. The van der Waals surface area contributed by atoms with Crippen LogP contribution in [0.25, 0.3) is 0 Å². The fourth-order valence-electron chi connectivity index (χ4n) is 1.96. The number of aliphatic hydroxyl groups is 1. The van der Waals surface area contributed by atoms with E-state index in [9.17, 15) is 0 Å². The third kappa shape index (κ3) is 2.63. The fraction of sp³-hybridized carbons (Fsp3) is 0.667. The molecule has 0 radical (unpaired) electrons. The van der Waals surface area contributed by atoms with Crippen LogP contribution in [-0.2, 0) is 11.3 Å². The fourth-order valence-corrected chi connectivity index (χ4v) is 2.89. The lowest BCUT2D eigenvalue weighted by molar-refractivity contribution is -0.0803. The van der Waals surface area contributed by atoms with E-state index in [0.29, 0.717) is 6.04 Å². The molecule has 1 fully saturated rings. The molecular formula is C12H19NO2S. The minimum atomic E-state index is -0.0172. The molecule has 1 N–H and O–H groups in total. The largest absolute Gasteiger partial charge is 0.394 e. The van der Waals surface area contributed by atoms with Crippen LogP contribution in [-0.4, -0.2) is 41.9 Å². The van der Waals surface area contributed by atoms with E-state index in [0.717, 1.165) is 19.7 Å². The van der Waals surface area contributed by atoms with Crippen LogP contribution >= 0.6 is 11.3 Å². The monoisotopic (exact) mass is 241 g/mol. The van der Waals surface area contributed by atoms with E-state index >= 15 is 0 Å². The zero-order chi connectivity index (χ0) is 11.5. The SMILES string of the molecule is Cc1ccsc1CN1CC(CO)OCC1C. The average Bonchev–Trinajstić information content (AvgIpc) is 2.68. The van der Waals surface area contributed by atoms with E-state index in [1.807, 2.05) is 11.3 Å². The molecule has 1 saturated heterocycles. The highest BCUT2D eigenvalue weighted by Crippen LogP contribution is 2.21. The van der Waals surface area contributed by atoms with Gasteiger partial charge in [-0.3, -0.25) is 4.90 Å². The molecule has 16 heavy (non-hydrogen) atoms. The molecule has 90 valence electrons. The maximum atomic E-state index is 9.13. The lowest BCUT2D eigenvalue weighted by atomic mass is 10.2. The Bertz CT molecular complexity index is 340. The quantitative estimate of drug-likeness (QED) is 0.873. The van der Waals surface area contributed by atoms with Crippen molar-refractivity contribution >= 4 is 11.3 Å². The van der Waals surface area contributed by atoms with E-state index in [1.165, 1.54) is 10.4 Å². The van der Waals surface area contributed by atoms with Gasteiger partial charge in [0, 0.05) is 24.0 Å². The van der Waals surface area contributed by atoms with Gasteiger partial charge >= 0.3 is 0 Å². The Labute approximate surface area is 101 Å². The van der Waals surface area contributed by atoms with Gasteiger partial charge in [0.15, 0.2) is 0 Å². The van der Waals surface area contributed by atoms with Crippen molar-refractivity contribution in [1.82, 2.24) is 4.90 Å². The molecule has 2 heterocycles. The van der Waals surface area contributed by atoms with Gasteiger partial charge < -0.3 is 9.84 Å². The molecule has 3 nitrogen and oxygen atoms in total. The first-order chi connectivity index (χ1) is 7.70. The Morgan fingerprint density at radius 1 is 1.62 bits per heavy atom. The van der Waals surface area contributed by atoms with Gasteiger partial charge in [-0.1, -0.05) is 0 Å². The highest BCUT2D eigenvalue weighted by atomic mass is 32.1. The Hall–Kier alpha value is -0.420. The molecule has 1 aromatic heterocycles. The van der Waals surface area contributed by atoms with Gasteiger partial charge in [0.05, 0.1) is 19.3 Å². The summed E-state index contributed by atoms with van der Waals surface area (Å²) in [6.45, 7) is 6.97. The molecule has 0 bridgehead atoms. The summed E-state index contributed by atoms with van der Waals surface area (Å²) in [5, 5.41) is 11.3. The van der Waals surface area contributed by atoms with Gasteiger partial charge in [0.2, 0.25) is 0 Å². The molecule has 0 aliphatic carbocycles. The lowest BCUT2D eigenvalue weighted by Crippen LogP contribution is -2.48. The van der Waals surface area contributed by atoms with Crippen molar-refractivity contribution in [3.8, 4) is 0 Å².